The van der Waals surface area contributed by atoms with Gasteiger partial charge in [0.25, 0.3) is 0 Å². The minimum absolute atomic E-state index is 0.0244. The Morgan fingerprint density at radius 3 is 2.68 bits per heavy atom. The molecule has 1 rings (SSSR count). The van der Waals surface area contributed by atoms with Gasteiger partial charge in [0.15, 0.2) is 0 Å². The lowest BCUT2D eigenvalue weighted by Crippen LogP contribution is -2.42. The van der Waals surface area contributed by atoms with Crippen molar-refractivity contribution in [1.82, 2.24) is 10.6 Å². The van der Waals surface area contributed by atoms with Gasteiger partial charge in [-0.3, -0.25) is 4.79 Å². The van der Waals surface area contributed by atoms with Gasteiger partial charge in [-0.25, -0.2) is 0 Å². The standard InChI is InChI=1S/C15H24N2O2/c1-11(13-7-5-6-12(8-13)9-18)17-10-15(2,3)14(19)16-4/h5-8,11,17-18H,9-10H2,1-4H3,(H,16,19)/t11-/m1/s1. The Morgan fingerprint density at radius 2 is 2.11 bits per heavy atom. The van der Waals surface area contributed by atoms with Gasteiger partial charge in [0, 0.05) is 19.6 Å². The average molecular weight is 264 g/mol. The van der Waals surface area contributed by atoms with E-state index in [0.29, 0.717) is 6.54 Å². The minimum atomic E-state index is -0.447. The molecule has 106 valence electrons. The van der Waals surface area contributed by atoms with Gasteiger partial charge in [0.05, 0.1) is 12.0 Å². The van der Waals surface area contributed by atoms with E-state index in [4.69, 9.17) is 5.11 Å². The van der Waals surface area contributed by atoms with Crippen LogP contribution in [0.15, 0.2) is 24.3 Å². The van der Waals surface area contributed by atoms with E-state index >= 15 is 0 Å². The fourth-order valence-corrected chi connectivity index (χ4v) is 1.91. The van der Waals surface area contributed by atoms with Crippen LogP contribution in [0.3, 0.4) is 0 Å². The van der Waals surface area contributed by atoms with Crippen LogP contribution in [0.5, 0.6) is 0 Å². The van der Waals surface area contributed by atoms with Gasteiger partial charge < -0.3 is 15.7 Å². The fourth-order valence-electron chi connectivity index (χ4n) is 1.91. The van der Waals surface area contributed by atoms with Crippen LogP contribution in [0.2, 0.25) is 0 Å². The van der Waals surface area contributed by atoms with E-state index in [0.717, 1.165) is 11.1 Å². The molecule has 4 nitrogen and oxygen atoms in total. The molecule has 0 radical (unpaired) electrons. The first-order valence-electron chi connectivity index (χ1n) is 6.56. The number of aliphatic hydroxyl groups is 1. The monoisotopic (exact) mass is 264 g/mol. The van der Waals surface area contributed by atoms with E-state index in [1.807, 2.05) is 38.1 Å². The lowest BCUT2D eigenvalue weighted by molar-refractivity contribution is -0.128. The van der Waals surface area contributed by atoms with Crippen LogP contribution >= 0.6 is 0 Å². The van der Waals surface area contributed by atoms with E-state index in [9.17, 15) is 4.79 Å². The molecule has 0 saturated heterocycles. The van der Waals surface area contributed by atoms with Gasteiger partial charge in [-0.2, -0.15) is 0 Å². The summed E-state index contributed by atoms with van der Waals surface area (Å²) in [5.41, 5.74) is 1.56. The first-order valence-corrected chi connectivity index (χ1v) is 6.56. The van der Waals surface area contributed by atoms with E-state index in [2.05, 4.69) is 17.6 Å². The molecule has 1 amide bonds. The zero-order valence-corrected chi connectivity index (χ0v) is 12.2. The van der Waals surface area contributed by atoms with Gasteiger partial charge in [-0.15, -0.1) is 0 Å². The van der Waals surface area contributed by atoms with Gasteiger partial charge in [0.1, 0.15) is 0 Å². The highest BCUT2D eigenvalue weighted by Crippen LogP contribution is 2.18. The van der Waals surface area contributed by atoms with Gasteiger partial charge in [-0.05, 0) is 31.9 Å². The Hall–Kier alpha value is -1.39. The minimum Gasteiger partial charge on any atom is -0.392 e. The Labute approximate surface area is 115 Å². The maximum absolute atomic E-state index is 11.7. The fraction of sp³-hybridized carbons (Fsp3) is 0.533. The predicted octanol–water partition coefficient (Wildman–Crippen LogP) is 1.60. The molecule has 0 aliphatic heterocycles. The molecule has 0 unspecified atom stereocenters. The molecule has 4 heteroatoms. The number of hydrogen-bond donors (Lipinski definition) is 3. The number of aliphatic hydroxyl groups excluding tert-OH is 1. The van der Waals surface area contributed by atoms with Gasteiger partial charge >= 0.3 is 0 Å². The molecular formula is C15H24N2O2. The molecule has 0 aromatic heterocycles. The zero-order chi connectivity index (χ0) is 14.5. The van der Waals surface area contributed by atoms with Gasteiger partial charge in [0.2, 0.25) is 5.91 Å². The lowest BCUT2D eigenvalue weighted by Gasteiger charge is -2.25. The van der Waals surface area contributed by atoms with Crippen molar-refractivity contribution in [3.8, 4) is 0 Å². The number of hydrogen-bond acceptors (Lipinski definition) is 3. The molecule has 1 aromatic rings. The molecule has 0 aliphatic rings. The molecule has 0 bridgehead atoms. The molecular weight excluding hydrogens is 240 g/mol. The van der Waals surface area contributed by atoms with Crippen LogP contribution < -0.4 is 10.6 Å². The number of carbonyl (C=O) groups is 1. The van der Waals surface area contributed by atoms with Crippen molar-refractivity contribution in [2.24, 2.45) is 5.41 Å². The zero-order valence-electron chi connectivity index (χ0n) is 12.2. The maximum Gasteiger partial charge on any atom is 0.226 e. The topological polar surface area (TPSA) is 61.4 Å². The van der Waals surface area contributed by atoms with Crippen LogP contribution in [0, 0.1) is 5.41 Å². The van der Waals surface area contributed by atoms with Crippen molar-refractivity contribution in [2.45, 2.75) is 33.4 Å². The summed E-state index contributed by atoms with van der Waals surface area (Å²) in [6.45, 7) is 6.52. The summed E-state index contributed by atoms with van der Waals surface area (Å²) in [5.74, 6) is 0.0244. The van der Waals surface area contributed by atoms with Gasteiger partial charge in [-0.1, -0.05) is 24.3 Å². The van der Waals surface area contributed by atoms with Crippen molar-refractivity contribution < 1.29 is 9.90 Å². The third kappa shape index (κ3) is 4.33. The largest absolute Gasteiger partial charge is 0.392 e. The molecule has 1 aromatic carbocycles. The number of nitrogens with one attached hydrogen (secondary N) is 2. The highest BCUT2D eigenvalue weighted by atomic mass is 16.3. The third-order valence-electron chi connectivity index (χ3n) is 3.33. The third-order valence-corrected chi connectivity index (χ3v) is 3.33. The second kappa shape index (κ2) is 6.68. The first-order chi connectivity index (χ1) is 8.90. The number of rotatable bonds is 6. The summed E-state index contributed by atoms with van der Waals surface area (Å²) in [5, 5.41) is 15.2. The Balaban J connectivity index is 2.64. The van der Waals surface area contributed by atoms with Crippen LogP contribution in [-0.4, -0.2) is 24.6 Å². The average Bonchev–Trinajstić information content (AvgIpc) is 2.43. The molecule has 1 atom stereocenters. The van der Waals surface area contributed by atoms with Crippen molar-refractivity contribution in [1.29, 1.82) is 0 Å². The molecule has 3 N–H and O–H groups in total. The van der Waals surface area contributed by atoms with Crippen molar-refractivity contribution in [3.63, 3.8) is 0 Å². The lowest BCUT2D eigenvalue weighted by atomic mass is 9.91. The van der Waals surface area contributed by atoms with Crippen molar-refractivity contribution in [2.75, 3.05) is 13.6 Å². The Morgan fingerprint density at radius 1 is 1.42 bits per heavy atom. The van der Waals surface area contributed by atoms with Crippen LogP contribution in [0.1, 0.15) is 37.9 Å². The molecule has 0 spiro atoms. The molecule has 0 fully saturated rings. The summed E-state index contributed by atoms with van der Waals surface area (Å²) in [4.78, 5) is 11.7. The Bertz CT molecular complexity index is 430. The van der Waals surface area contributed by atoms with Crippen LogP contribution in [0.4, 0.5) is 0 Å². The highest BCUT2D eigenvalue weighted by molar-refractivity contribution is 5.81. The first kappa shape index (κ1) is 15.7. The maximum atomic E-state index is 11.7. The normalized spacial score (nSPS) is 13.1. The summed E-state index contributed by atoms with van der Waals surface area (Å²) in [6, 6.07) is 7.96. The number of carbonyl (C=O) groups excluding carboxylic acids is 1. The van der Waals surface area contributed by atoms with Crippen molar-refractivity contribution in [3.05, 3.63) is 35.4 Å². The van der Waals surface area contributed by atoms with Crippen LogP contribution in [0.25, 0.3) is 0 Å². The smallest absolute Gasteiger partial charge is 0.226 e. The molecule has 0 aliphatic carbocycles. The summed E-state index contributed by atoms with van der Waals surface area (Å²) in [7, 11) is 1.65. The quantitative estimate of drug-likeness (QED) is 0.731. The number of amides is 1. The molecule has 0 heterocycles. The van der Waals surface area contributed by atoms with Crippen molar-refractivity contribution >= 4 is 5.91 Å². The van der Waals surface area contributed by atoms with E-state index < -0.39 is 5.41 Å². The summed E-state index contributed by atoms with van der Waals surface area (Å²) in [6.07, 6.45) is 0. The second-order valence-corrected chi connectivity index (χ2v) is 5.47. The Kier molecular flexibility index (Phi) is 5.51. The SMILES string of the molecule is CNC(=O)C(C)(C)CN[C@H](C)c1cccc(CO)c1. The predicted molar refractivity (Wildman–Crippen MR) is 76.6 cm³/mol. The van der Waals surface area contributed by atoms with E-state index in [-0.39, 0.29) is 18.6 Å². The molecule has 0 saturated carbocycles. The second-order valence-electron chi connectivity index (χ2n) is 5.47. The van der Waals surface area contributed by atoms with Crippen LogP contribution in [-0.2, 0) is 11.4 Å². The number of benzene rings is 1. The highest BCUT2D eigenvalue weighted by Gasteiger charge is 2.26. The van der Waals surface area contributed by atoms with E-state index in [1.54, 1.807) is 7.05 Å². The molecule has 19 heavy (non-hydrogen) atoms. The summed E-state index contributed by atoms with van der Waals surface area (Å²) < 4.78 is 0. The summed E-state index contributed by atoms with van der Waals surface area (Å²) >= 11 is 0. The van der Waals surface area contributed by atoms with E-state index in [1.165, 1.54) is 0 Å².